The Bertz CT molecular complexity index is 918. The molecule has 3 heterocycles. The molecule has 3 aromatic rings. The molecule has 0 aliphatic carbocycles. The third-order valence-corrected chi connectivity index (χ3v) is 5.98. The van der Waals surface area contributed by atoms with E-state index in [9.17, 15) is 4.79 Å². The molecule has 0 bridgehead atoms. The molecule has 134 valence electrons. The lowest BCUT2D eigenvalue weighted by Gasteiger charge is -2.35. The molecule has 1 saturated heterocycles. The summed E-state index contributed by atoms with van der Waals surface area (Å²) >= 11 is 7.48. The number of rotatable bonds is 3. The second-order valence-corrected chi connectivity index (χ2v) is 7.81. The predicted octanol–water partition coefficient (Wildman–Crippen LogP) is 3.59. The monoisotopic (exact) mass is 386 g/mol. The Morgan fingerprint density at radius 1 is 1.27 bits per heavy atom. The maximum Gasteiger partial charge on any atom is 0.264 e. The van der Waals surface area contributed by atoms with E-state index in [-0.39, 0.29) is 11.9 Å². The molecule has 1 atom stereocenters. The number of aromatic nitrogens is 2. The summed E-state index contributed by atoms with van der Waals surface area (Å²) in [5.41, 5.74) is 1.07. The van der Waals surface area contributed by atoms with Crippen LogP contribution in [0.15, 0.2) is 48.8 Å². The fourth-order valence-electron chi connectivity index (χ4n) is 3.24. The number of nitrogens with zero attached hydrogens (tertiary/aromatic N) is 3. The van der Waals surface area contributed by atoms with Gasteiger partial charge in [0.05, 0.1) is 4.88 Å². The number of carbonyl (C=O) groups excluding carboxylic acids is 1. The van der Waals surface area contributed by atoms with Crippen LogP contribution in [0.3, 0.4) is 0 Å². The largest absolute Gasteiger partial charge is 0.336 e. The number of thiophene rings is 1. The van der Waals surface area contributed by atoms with E-state index >= 15 is 0 Å². The molecule has 0 spiro atoms. The normalized spacial score (nSPS) is 17.5. The number of nitrogens with one attached hydrogen (secondary N) is 1. The maximum absolute atomic E-state index is 13.2. The second-order valence-electron chi connectivity index (χ2n) is 6.29. The number of hydrogen-bond acceptors (Lipinski definition) is 4. The average Bonchev–Trinajstić information content (AvgIpc) is 3.31. The summed E-state index contributed by atoms with van der Waals surface area (Å²) in [6.07, 6.45) is 3.69. The fourth-order valence-corrected chi connectivity index (χ4v) is 4.33. The Labute approximate surface area is 161 Å². The molecule has 1 aliphatic rings. The molecule has 0 radical (unpaired) electrons. The van der Waals surface area contributed by atoms with E-state index in [0.29, 0.717) is 18.1 Å². The number of carbonyl (C=O) groups is 1. The van der Waals surface area contributed by atoms with Crippen LogP contribution in [-0.2, 0) is 7.05 Å². The Balaban J connectivity index is 1.60. The minimum absolute atomic E-state index is 0.0580. The fraction of sp³-hybridized carbons (Fsp3) is 0.263. The molecule has 1 N–H and O–H groups in total. The van der Waals surface area contributed by atoms with Crippen LogP contribution in [0.1, 0.15) is 21.5 Å². The van der Waals surface area contributed by atoms with E-state index in [1.165, 1.54) is 11.3 Å². The Morgan fingerprint density at radius 2 is 2.08 bits per heavy atom. The van der Waals surface area contributed by atoms with Crippen LogP contribution in [0.25, 0.3) is 10.4 Å². The standard InChI is InChI=1S/C19H19ClN4OS/c1-23-10-9-22-18(23)15-12-21-8-11-24(15)19(25)17-7-6-16(26-17)13-2-4-14(20)5-3-13/h2-7,9-10,15,21H,8,11-12H2,1H3. The molecule has 0 saturated carbocycles. The quantitative estimate of drug-likeness (QED) is 0.748. The summed E-state index contributed by atoms with van der Waals surface area (Å²) in [7, 11) is 1.96. The molecule has 1 fully saturated rings. The first kappa shape index (κ1) is 17.3. The van der Waals surface area contributed by atoms with E-state index in [2.05, 4.69) is 10.3 Å². The minimum atomic E-state index is -0.0580. The summed E-state index contributed by atoms with van der Waals surface area (Å²) in [5.74, 6) is 0.963. The number of hydrogen-bond donors (Lipinski definition) is 1. The van der Waals surface area contributed by atoms with Gasteiger partial charge in [-0.05, 0) is 29.8 Å². The van der Waals surface area contributed by atoms with E-state index in [0.717, 1.165) is 27.7 Å². The highest BCUT2D eigenvalue weighted by Gasteiger charge is 2.31. The highest BCUT2D eigenvalue weighted by atomic mass is 35.5. The van der Waals surface area contributed by atoms with Crippen molar-refractivity contribution in [2.24, 2.45) is 7.05 Å². The van der Waals surface area contributed by atoms with Crippen molar-refractivity contribution in [3.05, 3.63) is 64.5 Å². The molecule has 2 aromatic heterocycles. The van der Waals surface area contributed by atoms with E-state index < -0.39 is 0 Å². The number of piperazine rings is 1. The molecule has 1 aromatic carbocycles. The Kier molecular flexibility index (Phi) is 4.80. The average molecular weight is 387 g/mol. The van der Waals surface area contributed by atoms with Crippen molar-refractivity contribution >= 4 is 28.8 Å². The topological polar surface area (TPSA) is 50.2 Å². The van der Waals surface area contributed by atoms with Gasteiger partial charge in [-0.1, -0.05) is 23.7 Å². The van der Waals surface area contributed by atoms with Gasteiger partial charge in [-0.25, -0.2) is 4.98 Å². The third kappa shape index (κ3) is 3.28. The van der Waals surface area contributed by atoms with E-state index in [1.807, 2.05) is 59.1 Å². The van der Waals surface area contributed by atoms with Gasteiger partial charge in [0.1, 0.15) is 11.9 Å². The number of amides is 1. The van der Waals surface area contributed by atoms with Crippen molar-refractivity contribution in [3.8, 4) is 10.4 Å². The van der Waals surface area contributed by atoms with Gasteiger partial charge in [-0.2, -0.15) is 0 Å². The lowest BCUT2D eigenvalue weighted by molar-refractivity contribution is 0.0626. The first-order chi connectivity index (χ1) is 12.6. The van der Waals surface area contributed by atoms with Crippen LogP contribution in [0.2, 0.25) is 5.02 Å². The molecule has 4 rings (SSSR count). The molecule has 1 amide bonds. The summed E-state index contributed by atoms with van der Waals surface area (Å²) < 4.78 is 1.98. The van der Waals surface area contributed by atoms with Gasteiger partial charge in [0, 0.05) is 49.0 Å². The lowest BCUT2D eigenvalue weighted by atomic mass is 10.1. The van der Waals surface area contributed by atoms with Gasteiger partial charge in [0.2, 0.25) is 0 Å². The summed E-state index contributed by atoms with van der Waals surface area (Å²) in [6, 6.07) is 11.5. The second kappa shape index (κ2) is 7.23. The lowest BCUT2D eigenvalue weighted by Crippen LogP contribution is -2.49. The predicted molar refractivity (Wildman–Crippen MR) is 105 cm³/mol. The van der Waals surface area contributed by atoms with Crippen LogP contribution in [-0.4, -0.2) is 40.0 Å². The SMILES string of the molecule is Cn1ccnc1C1CNCCN1C(=O)c1ccc(-c2ccc(Cl)cc2)s1. The molecule has 1 unspecified atom stereocenters. The zero-order valence-corrected chi connectivity index (χ0v) is 15.9. The van der Waals surface area contributed by atoms with Crippen LogP contribution in [0.4, 0.5) is 0 Å². The molecule has 1 aliphatic heterocycles. The van der Waals surface area contributed by atoms with Crippen LogP contribution in [0.5, 0.6) is 0 Å². The van der Waals surface area contributed by atoms with E-state index in [4.69, 9.17) is 11.6 Å². The van der Waals surface area contributed by atoms with Crippen molar-refractivity contribution in [1.29, 1.82) is 0 Å². The van der Waals surface area contributed by atoms with Gasteiger partial charge in [-0.15, -0.1) is 11.3 Å². The highest BCUT2D eigenvalue weighted by Crippen LogP contribution is 2.31. The van der Waals surface area contributed by atoms with Gasteiger partial charge >= 0.3 is 0 Å². The zero-order valence-electron chi connectivity index (χ0n) is 14.4. The van der Waals surface area contributed by atoms with Crippen LogP contribution in [0, 0.1) is 0 Å². The van der Waals surface area contributed by atoms with Crippen molar-refractivity contribution in [2.75, 3.05) is 19.6 Å². The van der Waals surface area contributed by atoms with E-state index in [1.54, 1.807) is 6.20 Å². The summed E-state index contributed by atoms with van der Waals surface area (Å²) in [6.45, 7) is 2.18. The zero-order chi connectivity index (χ0) is 18.1. The summed E-state index contributed by atoms with van der Waals surface area (Å²) in [4.78, 5) is 21.3. The van der Waals surface area contributed by atoms with Crippen molar-refractivity contribution < 1.29 is 4.79 Å². The first-order valence-corrected chi connectivity index (χ1v) is 9.67. The smallest absolute Gasteiger partial charge is 0.264 e. The maximum atomic E-state index is 13.2. The first-order valence-electron chi connectivity index (χ1n) is 8.48. The number of benzene rings is 1. The minimum Gasteiger partial charge on any atom is -0.336 e. The van der Waals surface area contributed by atoms with Crippen molar-refractivity contribution in [2.45, 2.75) is 6.04 Å². The number of aryl methyl sites for hydroxylation is 1. The summed E-state index contributed by atoms with van der Waals surface area (Å²) in [5, 5.41) is 4.08. The highest BCUT2D eigenvalue weighted by molar-refractivity contribution is 7.17. The Morgan fingerprint density at radius 3 is 2.81 bits per heavy atom. The molecule has 26 heavy (non-hydrogen) atoms. The molecule has 5 nitrogen and oxygen atoms in total. The van der Waals surface area contributed by atoms with Crippen LogP contribution < -0.4 is 5.32 Å². The van der Waals surface area contributed by atoms with Crippen molar-refractivity contribution in [1.82, 2.24) is 19.8 Å². The third-order valence-electron chi connectivity index (χ3n) is 4.61. The number of imidazole rings is 1. The van der Waals surface area contributed by atoms with Gasteiger partial charge < -0.3 is 14.8 Å². The van der Waals surface area contributed by atoms with Gasteiger partial charge in [-0.3, -0.25) is 4.79 Å². The Hall–Kier alpha value is -2.15. The van der Waals surface area contributed by atoms with Gasteiger partial charge in [0.15, 0.2) is 0 Å². The van der Waals surface area contributed by atoms with Crippen molar-refractivity contribution in [3.63, 3.8) is 0 Å². The molecular weight excluding hydrogens is 368 g/mol. The van der Waals surface area contributed by atoms with Crippen LogP contribution >= 0.6 is 22.9 Å². The molecular formula is C19H19ClN4OS. The number of halogens is 1. The van der Waals surface area contributed by atoms with Gasteiger partial charge in [0.25, 0.3) is 5.91 Å². The molecule has 7 heteroatoms.